The van der Waals surface area contributed by atoms with Crippen LogP contribution in [0.15, 0.2) is 6.33 Å². The molecule has 1 rings (SSSR count). The fourth-order valence-electron chi connectivity index (χ4n) is 0.300. The van der Waals surface area contributed by atoms with Crippen LogP contribution in [0.2, 0.25) is 0 Å². The summed E-state index contributed by atoms with van der Waals surface area (Å²) < 4.78 is 11.4. The molecule has 0 radical (unpaired) electrons. The number of H-pyrrole nitrogens is 1. The van der Waals surface area contributed by atoms with Crippen LogP contribution in [-0.2, 0) is 6.67 Å². The normalized spacial score (nSPS) is 9.29. The number of hydrogen-bond donors (Lipinski definition) is 1. The minimum absolute atomic E-state index is 0.208. The van der Waals surface area contributed by atoms with E-state index < -0.39 is 6.67 Å². The summed E-state index contributed by atoms with van der Waals surface area (Å²) in [6.07, 6.45) is 1.34. The van der Waals surface area contributed by atoms with Crippen LogP contribution >= 0.6 is 0 Å². The summed E-state index contributed by atoms with van der Waals surface area (Å²) in [6, 6.07) is 0. The van der Waals surface area contributed by atoms with Crippen molar-refractivity contribution in [2.75, 3.05) is 0 Å². The number of nitrogens with zero attached hydrogens (tertiary/aromatic N) is 2. The number of halogens is 1. The van der Waals surface area contributed by atoms with Crippen LogP contribution in [0.1, 0.15) is 5.82 Å². The Kier molecular flexibility index (Phi) is 1.02. The quantitative estimate of drug-likeness (QED) is 0.551. The summed E-state index contributed by atoms with van der Waals surface area (Å²) in [5, 5.41) is 5.80. The number of hydrogen-bond acceptors (Lipinski definition) is 2. The molecule has 0 unspecified atom stereocenters. The smallest absolute Gasteiger partial charge is 0.181 e. The van der Waals surface area contributed by atoms with Crippen molar-refractivity contribution in [3.8, 4) is 0 Å². The molecule has 0 amide bonds. The molecule has 0 saturated carbocycles. The van der Waals surface area contributed by atoms with Crippen molar-refractivity contribution in [2.24, 2.45) is 0 Å². The third-order valence-corrected chi connectivity index (χ3v) is 0.584. The van der Waals surface area contributed by atoms with Gasteiger partial charge in [0.2, 0.25) is 0 Å². The van der Waals surface area contributed by atoms with Crippen LogP contribution in [0, 0.1) is 0 Å². The zero-order chi connectivity index (χ0) is 5.11. The van der Waals surface area contributed by atoms with Gasteiger partial charge < -0.3 is 0 Å². The van der Waals surface area contributed by atoms with Crippen LogP contribution in [0.5, 0.6) is 0 Å². The summed E-state index contributed by atoms with van der Waals surface area (Å²) >= 11 is 0. The Morgan fingerprint density at radius 3 is 3.00 bits per heavy atom. The molecule has 0 aliphatic heterocycles. The molecule has 0 aliphatic carbocycles. The molecular weight excluding hydrogens is 97.1 g/mol. The van der Waals surface area contributed by atoms with E-state index >= 15 is 0 Å². The van der Waals surface area contributed by atoms with Gasteiger partial charge in [-0.3, -0.25) is 5.10 Å². The highest BCUT2D eigenvalue weighted by Gasteiger charge is 1.88. The first-order valence-corrected chi connectivity index (χ1v) is 1.84. The van der Waals surface area contributed by atoms with Gasteiger partial charge >= 0.3 is 0 Å². The van der Waals surface area contributed by atoms with Gasteiger partial charge in [0.1, 0.15) is 6.33 Å². The van der Waals surface area contributed by atoms with Gasteiger partial charge in [-0.1, -0.05) is 0 Å². The summed E-state index contributed by atoms with van der Waals surface area (Å²) in [5.74, 6) is 0.208. The highest BCUT2D eigenvalue weighted by molar-refractivity contribution is 4.73. The van der Waals surface area contributed by atoms with Crippen molar-refractivity contribution in [1.29, 1.82) is 0 Å². The molecule has 4 heteroatoms. The molecule has 1 N–H and O–H groups in total. The molecule has 3 nitrogen and oxygen atoms in total. The minimum atomic E-state index is -0.594. The van der Waals surface area contributed by atoms with Gasteiger partial charge in [-0.15, -0.1) is 0 Å². The average molecular weight is 101 g/mol. The van der Waals surface area contributed by atoms with Crippen molar-refractivity contribution < 1.29 is 4.39 Å². The van der Waals surface area contributed by atoms with E-state index in [1.807, 2.05) is 0 Å². The Bertz CT molecular complexity index is 125. The van der Waals surface area contributed by atoms with Gasteiger partial charge in [-0.25, -0.2) is 9.37 Å². The van der Waals surface area contributed by atoms with E-state index in [4.69, 9.17) is 0 Å². The van der Waals surface area contributed by atoms with Crippen LogP contribution in [0.25, 0.3) is 0 Å². The van der Waals surface area contributed by atoms with Gasteiger partial charge in [-0.05, 0) is 0 Å². The standard InChI is InChI=1S/C3H4FN3/c4-1-3-5-2-6-7-3/h2H,1H2,(H,5,6,7). The van der Waals surface area contributed by atoms with Crippen molar-refractivity contribution in [3.05, 3.63) is 12.2 Å². The van der Waals surface area contributed by atoms with Gasteiger partial charge in [0, 0.05) is 0 Å². The van der Waals surface area contributed by atoms with Crippen LogP contribution in [-0.4, -0.2) is 15.2 Å². The van der Waals surface area contributed by atoms with E-state index in [9.17, 15) is 4.39 Å². The van der Waals surface area contributed by atoms with E-state index in [2.05, 4.69) is 15.2 Å². The molecule has 0 aromatic carbocycles. The Hall–Kier alpha value is -0.930. The molecule has 1 aromatic heterocycles. The third kappa shape index (κ3) is 0.734. The third-order valence-electron chi connectivity index (χ3n) is 0.584. The molecule has 7 heavy (non-hydrogen) atoms. The summed E-state index contributed by atoms with van der Waals surface area (Å²) in [7, 11) is 0. The number of aromatic amines is 1. The van der Waals surface area contributed by atoms with Crippen LogP contribution in [0.3, 0.4) is 0 Å². The fourth-order valence-corrected chi connectivity index (χ4v) is 0.300. The molecule has 0 spiro atoms. The van der Waals surface area contributed by atoms with E-state index in [-0.39, 0.29) is 5.82 Å². The van der Waals surface area contributed by atoms with E-state index in [0.29, 0.717) is 0 Å². The zero-order valence-electron chi connectivity index (χ0n) is 3.56. The highest BCUT2D eigenvalue weighted by atomic mass is 19.1. The van der Waals surface area contributed by atoms with Crippen molar-refractivity contribution in [2.45, 2.75) is 6.67 Å². The molecule has 0 bridgehead atoms. The first kappa shape index (κ1) is 4.23. The second kappa shape index (κ2) is 1.68. The zero-order valence-corrected chi connectivity index (χ0v) is 3.56. The number of aromatic nitrogens is 3. The SMILES string of the molecule is FCc1nc[nH]n1. The average Bonchev–Trinajstić information content (AvgIpc) is 2.14. The lowest BCUT2D eigenvalue weighted by atomic mass is 10.7. The molecule has 0 aliphatic rings. The second-order valence-electron chi connectivity index (χ2n) is 1.05. The number of alkyl halides is 1. The summed E-state index contributed by atoms with van der Waals surface area (Å²) in [5.41, 5.74) is 0. The van der Waals surface area contributed by atoms with Crippen molar-refractivity contribution >= 4 is 0 Å². The Morgan fingerprint density at radius 2 is 2.71 bits per heavy atom. The van der Waals surface area contributed by atoms with Gasteiger partial charge in [-0.2, -0.15) is 5.10 Å². The summed E-state index contributed by atoms with van der Waals surface area (Å²) in [6.45, 7) is -0.594. The number of rotatable bonds is 1. The molecular formula is C3H4FN3. The Morgan fingerprint density at radius 1 is 1.86 bits per heavy atom. The second-order valence-corrected chi connectivity index (χ2v) is 1.05. The first-order valence-electron chi connectivity index (χ1n) is 1.84. The van der Waals surface area contributed by atoms with E-state index in [1.165, 1.54) is 6.33 Å². The monoisotopic (exact) mass is 101 g/mol. The van der Waals surface area contributed by atoms with E-state index in [1.54, 1.807) is 0 Å². The topological polar surface area (TPSA) is 41.6 Å². The predicted octanol–water partition coefficient (Wildman–Crippen LogP) is 0.274. The van der Waals surface area contributed by atoms with Crippen molar-refractivity contribution in [1.82, 2.24) is 15.2 Å². The first-order chi connectivity index (χ1) is 3.43. The lowest BCUT2D eigenvalue weighted by Crippen LogP contribution is -1.78. The maximum atomic E-state index is 11.4. The summed E-state index contributed by atoms with van der Waals surface area (Å²) in [4.78, 5) is 3.49. The maximum absolute atomic E-state index is 11.4. The molecule has 0 fully saturated rings. The van der Waals surface area contributed by atoms with Gasteiger partial charge in [0.15, 0.2) is 12.5 Å². The molecule has 38 valence electrons. The van der Waals surface area contributed by atoms with Crippen LogP contribution in [0.4, 0.5) is 4.39 Å². The minimum Gasteiger partial charge on any atom is -0.266 e. The Balaban J connectivity index is 2.76. The largest absolute Gasteiger partial charge is 0.266 e. The molecule has 1 heterocycles. The van der Waals surface area contributed by atoms with E-state index in [0.717, 1.165) is 0 Å². The highest BCUT2D eigenvalue weighted by Crippen LogP contribution is 1.84. The van der Waals surface area contributed by atoms with Gasteiger partial charge in [0.05, 0.1) is 0 Å². The maximum Gasteiger partial charge on any atom is 0.181 e. The molecule has 0 saturated heterocycles. The lowest BCUT2D eigenvalue weighted by molar-refractivity contribution is 0.466. The Labute approximate surface area is 39.6 Å². The fraction of sp³-hybridized carbons (Fsp3) is 0.333. The van der Waals surface area contributed by atoms with Gasteiger partial charge in [0.25, 0.3) is 0 Å². The molecule has 1 aromatic rings. The number of nitrogens with one attached hydrogen (secondary N) is 1. The predicted molar refractivity (Wildman–Crippen MR) is 21.2 cm³/mol. The molecule has 0 atom stereocenters. The lowest BCUT2D eigenvalue weighted by Gasteiger charge is -1.72. The van der Waals surface area contributed by atoms with Crippen molar-refractivity contribution in [3.63, 3.8) is 0 Å². The van der Waals surface area contributed by atoms with Crippen LogP contribution < -0.4 is 0 Å².